The van der Waals surface area contributed by atoms with Crippen molar-refractivity contribution in [1.82, 2.24) is 14.5 Å². The molecule has 6 nitrogen and oxygen atoms in total. The number of anilines is 1. The largest absolute Gasteiger partial charge is 0.309 e. The maximum absolute atomic E-state index is 13.1. The van der Waals surface area contributed by atoms with E-state index in [1.54, 1.807) is 4.57 Å². The number of nitrogens with zero attached hydrogens (tertiary/aromatic N) is 3. The zero-order chi connectivity index (χ0) is 21.1. The summed E-state index contributed by atoms with van der Waals surface area (Å²) in [6.45, 7) is 6.58. The summed E-state index contributed by atoms with van der Waals surface area (Å²) in [7, 11) is 0. The van der Waals surface area contributed by atoms with Crippen molar-refractivity contribution < 1.29 is 4.79 Å². The molecule has 154 valence electrons. The van der Waals surface area contributed by atoms with Crippen molar-refractivity contribution in [1.29, 1.82) is 0 Å². The van der Waals surface area contributed by atoms with Crippen LogP contribution in [0.3, 0.4) is 0 Å². The normalized spacial score (nSPS) is 11.2. The van der Waals surface area contributed by atoms with Crippen molar-refractivity contribution in [3.05, 3.63) is 43.1 Å². The van der Waals surface area contributed by atoms with Crippen molar-refractivity contribution in [3.63, 3.8) is 0 Å². The van der Waals surface area contributed by atoms with Crippen molar-refractivity contribution in [3.8, 4) is 0 Å². The molecule has 3 heterocycles. The van der Waals surface area contributed by atoms with E-state index >= 15 is 0 Å². The van der Waals surface area contributed by atoms with Gasteiger partial charge in [0.15, 0.2) is 11.0 Å². The second kappa shape index (κ2) is 9.47. The third-order valence-corrected chi connectivity index (χ3v) is 6.96. The van der Waals surface area contributed by atoms with E-state index in [4.69, 9.17) is 23.2 Å². The maximum atomic E-state index is 13.1. The number of thioether (sulfide) groups is 1. The molecule has 0 aromatic carbocycles. The molecule has 0 spiro atoms. The minimum atomic E-state index is -0.290. The summed E-state index contributed by atoms with van der Waals surface area (Å²) in [5, 5.41) is 4.53. The number of hydrogen-bond donors (Lipinski definition) is 1. The summed E-state index contributed by atoms with van der Waals surface area (Å²) in [6, 6.07) is 1.51. The highest BCUT2D eigenvalue weighted by Crippen LogP contribution is 2.29. The van der Waals surface area contributed by atoms with Crippen LogP contribution in [0.2, 0.25) is 10.0 Å². The monoisotopic (exact) mass is 470 g/mol. The number of aromatic nitrogens is 3. The quantitative estimate of drug-likeness (QED) is 0.374. The Morgan fingerprint density at radius 1 is 1.34 bits per heavy atom. The van der Waals surface area contributed by atoms with Crippen molar-refractivity contribution in [2.24, 2.45) is 0 Å². The smallest absolute Gasteiger partial charge is 0.263 e. The third-order valence-electron chi connectivity index (χ3n) is 4.39. The zero-order valence-corrected chi connectivity index (χ0v) is 19.4. The molecule has 3 rings (SSSR count). The first kappa shape index (κ1) is 22.1. The van der Waals surface area contributed by atoms with Gasteiger partial charge in [-0.15, -0.1) is 11.3 Å². The molecule has 0 unspecified atom stereocenters. The Labute approximate surface area is 186 Å². The van der Waals surface area contributed by atoms with Gasteiger partial charge in [0.1, 0.15) is 4.83 Å². The average molecular weight is 471 g/mol. The predicted molar refractivity (Wildman–Crippen MR) is 122 cm³/mol. The molecule has 1 amide bonds. The Morgan fingerprint density at radius 3 is 2.79 bits per heavy atom. The first-order chi connectivity index (χ1) is 13.8. The second-order valence-corrected chi connectivity index (χ2v) is 9.48. The van der Waals surface area contributed by atoms with Crippen molar-refractivity contribution in [2.45, 2.75) is 45.3 Å². The zero-order valence-electron chi connectivity index (χ0n) is 16.2. The SMILES string of the molecule is CCCCn1c(SCC(=O)Nc2ncc(Cl)cc2Cl)nc2sc(C)c(C)c2c1=O. The molecule has 0 fully saturated rings. The summed E-state index contributed by atoms with van der Waals surface area (Å²) in [5.74, 6) is 0.0354. The molecule has 0 aliphatic rings. The molecular weight excluding hydrogens is 451 g/mol. The Balaban J connectivity index is 1.84. The van der Waals surface area contributed by atoms with Gasteiger partial charge in [-0.25, -0.2) is 9.97 Å². The maximum Gasteiger partial charge on any atom is 0.263 e. The molecule has 0 aliphatic carbocycles. The molecule has 0 saturated heterocycles. The lowest BCUT2D eigenvalue weighted by atomic mass is 10.2. The Kier molecular flexibility index (Phi) is 7.21. The van der Waals surface area contributed by atoms with Gasteiger partial charge in [0.25, 0.3) is 5.56 Å². The van der Waals surface area contributed by atoms with Crippen LogP contribution in [0.4, 0.5) is 5.82 Å². The van der Waals surface area contributed by atoms with Crippen molar-refractivity contribution in [2.75, 3.05) is 11.1 Å². The molecule has 3 aromatic rings. The fourth-order valence-corrected chi connectivity index (χ4v) is 5.06. The van der Waals surface area contributed by atoms with Gasteiger partial charge < -0.3 is 5.32 Å². The van der Waals surface area contributed by atoms with Crippen LogP contribution in [-0.4, -0.2) is 26.2 Å². The summed E-state index contributed by atoms with van der Waals surface area (Å²) >= 11 is 14.6. The molecule has 0 radical (unpaired) electrons. The number of nitrogens with one attached hydrogen (secondary N) is 1. The molecule has 1 N–H and O–H groups in total. The van der Waals surface area contributed by atoms with Gasteiger partial charge >= 0.3 is 0 Å². The molecule has 0 atom stereocenters. The van der Waals surface area contributed by atoms with E-state index in [1.165, 1.54) is 35.4 Å². The number of hydrogen-bond acceptors (Lipinski definition) is 6. The summed E-state index contributed by atoms with van der Waals surface area (Å²) in [5.41, 5.74) is 0.932. The molecule has 29 heavy (non-hydrogen) atoms. The number of pyridine rings is 1. The topological polar surface area (TPSA) is 76.9 Å². The number of carbonyl (C=O) groups excluding carboxylic acids is 1. The third kappa shape index (κ3) is 4.94. The van der Waals surface area contributed by atoms with Gasteiger partial charge in [-0.2, -0.15) is 0 Å². The van der Waals surface area contributed by atoms with Crippen LogP contribution >= 0.6 is 46.3 Å². The van der Waals surface area contributed by atoms with E-state index in [0.717, 1.165) is 23.3 Å². The van der Waals surface area contributed by atoms with Crippen LogP contribution in [0.5, 0.6) is 0 Å². The number of amides is 1. The van der Waals surface area contributed by atoms with Gasteiger partial charge in [-0.05, 0) is 31.9 Å². The van der Waals surface area contributed by atoms with Crippen LogP contribution in [0, 0.1) is 13.8 Å². The summed E-state index contributed by atoms with van der Waals surface area (Å²) in [4.78, 5) is 36.0. The lowest BCUT2D eigenvalue weighted by Gasteiger charge is -2.12. The summed E-state index contributed by atoms with van der Waals surface area (Å²) < 4.78 is 1.68. The number of halogens is 2. The van der Waals surface area contributed by atoms with Crippen molar-refractivity contribution >= 4 is 68.2 Å². The van der Waals surface area contributed by atoms with Gasteiger partial charge in [0, 0.05) is 17.6 Å². The number of rotatable bonds is 7. The number of carbonyl (C=O) groups is 1. The molecule has 0 saturated carbocycles. The van der Waals surface area contributed by atoms with E-state index in [-0.39, 0.29) is 28.1 Å². The lowest BCUT2D eigenvalue weighted by molar-refractivity contribution is -0.113. The highest BCUT2D eigenvalue weighted by atomic mass is 35.5. The average Bonchev–Trinajstić information content (AvgIpc) is 2.96. The first-order valence-corrected chi connectivity index (χ1v) is 11.6. The molecule has 3 aromatic heterocycles. The Bertz CT molecular complexity index is 1130. The van der Waals surface area contributed by atoms with Crippen LogP contribution in [0.1, 0.15) is 30.2 Å². The molecule has 0 aliphatic heterocycles. The van der Waals surface area contributed by atoms with Crippen LogP contribution in [0.25, 0.3) is 10.2 Å². The fourth-order valence-electron chi connectivity index (χ4n) is 2.74. The molecule has 10 heteroatoms. The van der Waals surface area contributed by atoms with Crippen LogP contribution < -0.4 is 10.9 Å². The molecule has 0 bridgehead atoms. The fraction of sp³-hybridized carbons (Fsp3) is 0.368. The number of thiophene rings is 1. The predicted octanol–water partition coefficient (Wildman–Crippen LogP) is 5.31. The van der Waals surface area contributed by atoms with E-state index in [2.05, 4.69) is 22.2 Å². The summed E-state index contributed by atoms with van der Waals surface area (Å²) in [6.07, 6.45) is 3.23. The highest BCUT2D eigenvalue weighted by Gasteiger charge is 2.18. The van der Waals surface area contributed by atoms with Gasteiger partial charge in [-0.1, -0.05) is 48.3 Å². The van der Waals surface area contributed by atoms with E-state index < -0.39 is 0 Å². The minimum Gasteiger partial charge on any atom is -0.309 e. The first-order valence-electron chi connectivity index (χ1n) is 9.06. The number of fused-ring (bicyclic) bond motifs is 1. The lowest BCUT2D eigenvalue weighted by Crippen LogP contribution is -2.24. The number of unbranched alkanes of at least 4 members (excludes halogenated alkanes) is 1. The van der Waals surface area contributed by atoms with Crippen LogP contribution in [-0.2, 0) is 11.3 Å². The van der Waals surface area contributed by atoms with Crippen LogP contribution in [0.15, 0.2) is 22.2 Å². The minimum absolute atomic E-state index is 0.0457. The highest BCUT2D eigenvalue weighted by molar-refractivity contribution is 7.99. The van der Waals surface area contributed by atoms with Gasteiger partial charge in [-0.3, -0.25) is 14.2 Å². The Morgan fingerprint density at radius 2 is 2.10 bits per heavy atom. The number of aryl methyl sites for hydroxylation is 2. The van der Waals surface area contributed by atoms with Gasteiger partial charge in [0.2, 0.25) is 5.91 Å². The standard InChI is InChI=1S/C19H20Cl2N4O2S2/c1-4-5-6-25-18(27)15-10(2)11(3)29-17(15)24-19(25)28-9-14(26)23-16-13(21)7-12(20)8-22-16/h7-8H,4-6,9H2,1-3H3,(H,22,23,26). The Hall–Kier alpha value is -1.61. The molecular formula is C19H20Cl2N4O2S2. The van der Waals surface area contributed by atoms with E-state index in [1.807, 2.05) is 13.8 Å². The van der Waals surface area contributed by atoms with E-state index in [0.29, 0.717) is 26.9 Å². The second-order valence-electron chi connectivity index (χ2n) is 6.49. The van der Waals surface area contributed by atoms with Gasteiger partial charge in [0.05, 0.1) is 21.2 Å². The van der Waals surface area contributed by atoms with E-state index in [9.17, 15) is 9.59 Å².